The molecule has 0 radical (unpaired) electrons. The van der Waals surface area contributed by atoms with Gasteiger partial charge in [-0.1, -0.05) is 0 Å². The zero-order valence-electron chi connectivity index (χ0n) is 9.28. The quantitative estimate of drug-likeness (QED) is 0.572. The van der Waals surface area contributed by atoms with E-state index < -0.39 is 13.8 Å². The van der Waals surface area contributed by atoms with Crippen LogP contribution in [0.2, 0.25) is 0 Å². The Hall–Kier alpha value is -1.24. The molecule has 1 aliphatic rings. The van der Waals surface area contributed by atoms with Gasteiger partial charge in [0, 0.05) is 0 Å². The summed E-state index contributed by atoms with van der Waals surface area (Å²) in [5.41, 5.74) is 4.71. The summed E-state index contributed by atoms with van der Waals surface area (Å²) in [5.74, 6) is 0. The summed E-state index contributed by atoms with van der Waals surface area (Å²) in [4.78, 5) is 0. The van der Waals surface area contributed by atoms with Gasteiger partial charge >= 0.3 is 99.1 Å². The number of fused-ring (bicyclic) bond motifs is 3. The van der Waals surface area contributed by atoms with Crippen molar-refractivity contribution < 1.29 is 3.83 Å². The van der Waals surface area contributed by atoms with E-state index in [1.165, 1.54) is 22.3 Å². The van der Waals surface area contributed by atoms with Gasteiger partial charge in [-0.3, -0.25) is 0 Å². The van der Waals surface area contributed by atoms with E-state index in [9.17, 15) is 3.83 Å². The van der Waals surface area contributed by atoms with Crippen LogP contribution in [0.4, 0.5) is 0 Å². The molecule has 0 fully saturated rings. The topological polar surface area (TPSA) is 17.1 Å². The fourth-order valence-corrected chi connectivity index (χ4v) is 5.44. The standard InChI is InChI=1S/C14H12OSe/c1-9-3-5-11-12-6-4-10(2)8-14(12)16(15)13(11)7-9/h3-8H,1-2H3. The van der Waals surface area contributed by atoms with Gasteiger partial charge in [0.1, 0.15) is 0 Å². The van der Waals surface area contributed by atoms with Crippen LogP contribution < -0.4 is 8.92 Å². The Morgan fingerprint density at radius 3 is 1.69 bits per heavy atom. The first kappa shape index (κ1) is 9.95. The molecule has 80 valence electrons. The second kappa shape index (κ2) is 3.38. The number of hydrogen-bond donors (Lipinski definition) is 0. The Morgan fingerprint density at radius 1 is 0.812 bits per heavy atom. The van der Waals surface area contributed by atoms with Crippen molar-refractivity contribution in [1.29, 1.82) is 0 Å². The molecule has 1 nitrogen and oxygen atoms in total. The molecule has 0 bridgehead atoms. The molecule has 0 spiro atoms. The van der Waals surface area contributed by atoms with Crippen molar-refractivity contribution in [1.82, 2.24) is 0 Å². The third-order valence-electron chi connectivity index (χ3n) is 2.96. The Kier molecular flexibility index (Phi) is 2.10. The van der Waals surface area contributed by atoms with Crippen molar-refractivity contribution >= 4 is 22.8 Å². The van der Waals surface area contributed by atoms with Gasteiger partial charge in [0.25, 0.3) is 0 Å². The van der Waals surface area contributed by atoms with E-state index in [1.54, 1.807) is 0 Å². The molecule has 0 N–H and O–H groups in total. The molecule has 0 atom stereocenters. The fourth-order valence-electron chi connectivity index (χ4n) is 2.13. The Balaban J connectivity index is 2.34. The van der Waals surface area contributed by atoms with E-state index in [0.717, 1.165) is 8.92 Å². The van der Waals surface area contributed by atoms with Crippen LogP contribution in [-0.4, -0.2) is 13.8 Å². The summed E-state index contributed by atoms with van der Waals surface area (Å²) in [5, 5.41) is 0. The van der Waals surface area contributed by atoms with E-state index in [4.69, 9.17) is 0 Å². The normalized spacial score (nSPS) is 13.6. The van der Waals surface area contributed by atoms with E-state index in [-0.39, 0.29) is 0 Å². The van der Waals surface area contributed by atoms with Gasteiger partial charge in [-0.2, -0.15) is 0 Å². The third-order valence-corrected chi connectivity index (χ3v) is 6.06. The van der Waals surface area contributed by atoms with E-state index in [1.807, 2.05) is 13.8 Å². The number of hydrogen-bond acceptors (Lipinski definition) is 1. The molecular weight excluding hydrogens is 263 g/mol. The fraction of sp³-hybridized carbons (Fsp3) is 0.143. The van der Waals surface area contributed by atoms with E-state index in [0.29, 0.717) is 0 Å². The van der Waals surface area contributed by atoms with Crippen LogP contribution in [0.15, 0.2) is 36.4 Å². The molecule has 2 aromatic rings. The molecule has 0 saturated carbocycles. The average molecular weight is 275 g/mol. The average Bonchev–Trinajstić information content (AvgIpc) is 2.53. The van der Waals surface area contributed by atoms with Gasteiger partial charge in [0.05, 0.1) is 0 Å². The molecule has 2 heteroatoms. The first-order valence-electron chi connectivity index (χ1n) is 5.30. The van der Waals surface area contributed by atoms with E-state index >= 15 is 0 Å². The minimum atomic E-state index is -2.01. The van der Waals surface area contributed by atoms with Gasteiger partial charge < -0.3 is 0 Å². The Bertz CT molecular complexity index is 561. The molecule has 1 aliphatic heterocycles. The Labute approximate surface area is 99.2 Å². The predicted molar refractivity (Wildman–Crippen MR) is 67.1 cm³/mol. The molecule has 0 amide bonds. The van der Waals surface area contributed by atoms with Crippen LogP contribution in [-0.2, 0) is 3.83 Å². The molecule has 16 heavy (non-hydrogen) atoms. The summed E-state index contributed by atoms with van der Waals surface area (Å²) in [6.45, 7) is 4.10. The number of aryl methyl sites for hydroxylation is 2. The van der Waals surface area contributed by atoms with Gasteiger partial charge in [-0.05, 0) is 0 Å². The van der Waals surface area contributed by atoms with Crippen molar-refractivity contribution in [2.24, 2.45) is 0 Å². The molecule has 0 aliphatic carbocycles. The predicted octanol–water partition coefficient (Wildman–Crippen LogP) is 1.82. The van der Waals surface area contributed by atoms with Crippen molar-refractivity contribution in [2.45, 2.75) is 13.8 Å². The molecule has 3 rings (SSSR count). The summed E-state index contributed by atoms with van der Waals surface area (Å²) in [6, 6.07) is 12.5. The first-order valence-corrected chi connectivity index (χ1v) is 7.71. The molecular formula is C14H12OSe. The maximum absolute atomic E-state index is 12.4. The van der Waals surface area contributed by atoms with Crippen LogP contribution in [0.25, 0.3) is 11.1 Å². The first-order chi connectivity index (χ1) is 7.66. The molecule has 0 saturated heterocycles. The van der Waals surface area contributed by atoms with Crippen LogP contribution >= 0.6 is 0 Å². The summed E-state index contributed by atoms with van der Waals surface area (Å²) in [7, 11) is 0. The van der Waals surface area contributed by atoms with Crippen molar-refractivity contribution in [3.05, 3.63) is 47.5 Å². The third kappa shape index (κ3) is 1.31. The summed E-state index contributed by atoms with van der Waals surface area (Å²) in [6.07, 6.45) is 0. The van der Waals surface area contributed by atoms with Gasteiger partial charge in [0.15, 0.2) is 0 Å². The second-order valence-corrected chi connectivity index (χ2v) is 7.24. The van der Waals surface area contributed by atoms with Crippen molar-refractivity contribution in [2.75, 3.05) is 0 Å². The molecule has 0 unspecified atom stereocenters. The zero-order chi connectivity index (χ0) is 11.3. The van der Waals surface area contributed by atoms with E-state index in [2.05, 4.69) is 36.4 Å². The number of rotatable bonds is 0. The van der Waals surface area contributed by atoms with Crippen LogP contribution in [0.1, 0.15) is 11.1 Å². The monoisotopic (exact) mass is 276 g/mol. The van der Waals surface area contributed by atoms with Crippen molar-refractivity contribution in [3.63, 3.8) is 0 Å². The number of benzene rings is 2. The SMILES string of the molecule is Cc1ccc2c(c1)[Se](=O)c1cc(C)ccc1-2. The Morgan fingerprint density at radius 2 is 1.25 bits per heavy atom. The van der Waals surface area contributed by atoms with Gasteiger partial charge in [0.2, 0.25) is 0 Å². The molecule has 1 heterocycles. The van der Waals surface area contributed by atoms with Crippen LogP contribution in [0.3, 0.4) is 0 Å². The summed E-state index contributed by atoms with van der Waals surface area (Å²) < 4.78 is 14.5. The van der Waals surface area contributed by atoms with Crippen LogP contribution in [0, 0.1) is 13.8 Å². The maximum atomic E-state index is 12.4. The van der Waals surface area contributed by atoms with Gasteiger partial charge in [-0.15, -0.1) is 0 Å². The van der Waals surface area contributed by atoms with Crippen LogP contribution in [0.5, 0.6) is 0 Å². The minimum absolute atomic E-state index is 1.06. The summed E-state index contributed by atoms with van der Waals surface area (Å²) >= 11 is -2.01. The molecule has 2 aromatic carbocycles. The second-order valence-electron chi connectivity index (χ2n) is 4.27. The molecule has 0 aromatic heterocycles. The zero-order valence-corrected chi connectivity index (χ0v) is 11.0. The van der Waals surface area contributed by atoms with Crippen molar-refractivity contribution in [3.8, 4) is 11.1 Å². The van der Waals surface area contributed by atoms with Gasteiger partial charge in [-0.25, -0.2) is 0 Å².